The molecular formula is C14H18O2. The Bertz CT molecular complexity index is 355. The number of rotatable bonds is 4. The molecule has 0 heterocycles. The number of hydrogen-bond acceptors (Lipinski definition) is 2. The molecule has 0 spiro atoms. The van der Waals surface area contributed by atoms with Crippen LogP contribution >= 0.6 is 0 Å². The van der Waals surface area contributed by atoms with Gasteiger partial charge < -0.3 is 9.84 Å². The van der Waals surface area contributed by atoms with Gasteiger partial charge in [-0.05, 0) is 36.6 Å². The number of ether oxygens (including phenoxy) is 1. The van der Waals surface area contributed by atoms with E-state index in [0.29, 0.717) is 5.92 Å². The van der Waals surface area contributed by atoms with Gasteiger partial charge in [0.1, 0.15) is 12.4 Å². The van der Waals surface area contributed by atoms with Crippen molar-refractivity contribution in [1.29, 1.82) is 0 Å². The Labute approximate surface area is 97.3 Å². The minimum atomic E-state index is -0.105. The van der Waals surface area contributed by atoms with Gasteiger partial charge >= 0.3 is 0 Å². The van der Waals surface area contributed by atoms with E-state index in [2.05, 4.69) is 25.7 Å². The SMILES string of the molecule is CC(C)CCOc1ccc(C#CCO)cc1. The highest BCUT2D eigenvalue weighted by molar-refractivity contribution is 5.38. The average molecular weight is 218 g/mol. The molecule has 1 aromatic carbocycles. The highest BCUT2D eigenvalue weighted by Crippen LogP contribution is 2.12. The maximum atomic E-state index is 8.55. The van der Waals surface area contributed by atoms with Crippen molar-refractivity contribution in [3.63, 3.8) is 0 Å². The van der Waals surface area contributed by atoms with Crippen LogP contribution in [0, 0.1) is 17.8 Å². The summed E-state index contributed by atoms with van der Waals surface area (Å²) in [6.45, 7) is 5.00. The molecule has 2 nitrogen and oxygen atoms in total. The van der Waals surface area contributed by atoms with Gasteiger partial charge in [-0.25, -0.2) is 0 Å². The predicted octanol–water partition coefficient (Wildman–Crippen LogP) is 2.46. The van der Waals surface area contributed by atoms with E-state index in [1.807, 2.05) is 24.3 Å². The summed E-state index contributed by atoms with van der Waals surface area (Å²) in [6, 6.07) is 7.60. The fourth-order valence-electron chi connectivity index (χ4n) is 1.19. The van der Waals surface area contributed by atoms with Crippen LogP contribution in [-0.2, 0) is 0 Å². The Morgan fingerprint density at radius 2 is 1.94 bits per heavy atom. The Kier molecular flexibility index (Phi) is 5.45. The summed E-state index contributed by atoms with van der Waals surface area (Å²) in [5, 5.41) is 8.55. The van der Waals surface area contributed by atoms with Gasteiger partial charge in [0.2, 0.25) is 0 Å². The normalized spacial score (nSPS) is 9.75. The molecule has 0 saturated carbocycles. The van der Waals surface area contributed by atoms with Crippen LogP contribution in [0.2, 0.25) is 0 Å². The first-order valence-electron chi connectivity index (χ1n) is 5.55. The fraction of sp³-hybridized carbons (Fsp3) is 0.429. The van der Waals surface area contributed by atoms with Crippen LogP contribution in [0.4, 0.5) is 0 Å². The number of aliphatic hydroxyl groups is 1. The van der Waals surface area contributed by atoms with Gasteiger partial charge in [-0.15, -0.1) is 0 Å². The van der Waals surface area contributed by atoms with E-state index in [1.165, 1.54) is 0 Å². The van der Waals surface area contributed by atoms with Crippen LogP contribution in [0.5, 0.6) is 5.75 Å². The van der Waals surface area contributed by atoms with E-state index >= 15 is 0 Å². The quantitative estimate of drug-likeness (QED) is 0.787. The molecule has 0 radical (unpaired) electrons. The molecule has 0 bridgehead atoms. The smallest absolute Gasteiger partial charge is 0.119 e. The van der Waals surface area contributed by atoms with Crippen LogP contribution in [0.1, 0.15) is 25.8 Å². The Morgan fingerprint density at radius 1 is 1.25 bits per heavy atom. The fourth-order valence-corrected chi connectivity index (χ4v) is 1.19. The minimum Gasteiger partial charge on any atom is -0.494 e. The van der Waals surface area contributed by atoms with Crippen LogP contribution < -0.4 is 4.74 Å². The van der Waals surface area contributed by atoms with Gasteiger partial charge in [-0.3, -0.25) is 0 Å². The van der Waals surface area contributed by atoms with Crippen LogP contribution in [0.15, 0.2) is 24.3 Å². The van der Waals surface area contributed by atoms with E-state index in [1.54, 1.807) is 0 Å². The van der Waals surface area contributed by atoms with Crippen molar-refractivity contribution in [2.45, 2.75) is 20.3 Å². The zero-order valence-electron chi connectivity index (χ0n) is 9.86. The van der Waals surface area contributed by atoms with E-state index in [0.717, 1.165) is 24.3 Å². The van der Waals surface area contributed by atoms with Gasteiger partial charge in [0.05, 0.1) is 6.61 Å². The van der Waals surface area contributed by atoms with Crippen LogP contribution in [0.3, 0.4) is 0 Å². The third-order valence-electron chi connectivity index (χ3n) is 2.13. The maximum absolute atomic E-state index is 8.55. The zero-order valence-corrected chi connectivity index (χ0v) is 9.86. The summed E-state index contributed by atoms with van der Waals surface area (Å²) in [5.74, 6) is 6.98. The first-order chi connectivity index (χ1) is 7.72. The van der Waals surface area contributed by atoms with Gasteiger partial charge in [0, 0.05) is 5.56 Å². The molecule has 1 aromatic rings. The molecular weight excluding hydrogens is 200 g/mol. The monoisotopic (exact) mass is 218 g/mol. The molecule has 0 saturated heterocycles. The second-order valence-corrected chi connectivity index (χ2v) is 4.02. The van der Waals surface area contributed by atoms with Crippen molar-refractivity contribution in [3.8, 4) is 17.6 Å². The lowest BCUT2D eigenvalue weighted by atomic mass is 10.1. The summed E-state index contributed by atoms with van der Waals surface area (Å²) in [5.41, 5.74) is 0.894. The molecule has 1 N–H and O–H groups in total. The summed E-state index contributed by atoms with van der Waals surface area (Å²) >= 11 is 0. The Morgan fingerprint density at radius 3 is 2.50 bits per heavy atom. The third-order valence-corrected chi connectivity index (χ3v) is 2.13. The van der Waals surface area contributed by atoms with E-state index in [-0.39, 0.29) is 6.61 Å². The molecule has 0 aliphatic heterocycles. The van der Waals surface area contributed by atoms with Crippen molar-refractivity contribution in [2.24, 2.45) is 5.92 Å². The molecule has 16 heavy (non-hydrogen) atoms. The first-order valence-corrected chi connectivity index (χ1v) is 5.55. The molecule has 0 aliphatic rings. The van der Waals surface area contributed by atoms with E-state index in [9.17, 15) is 0 Å². The molecule has 0 aliphatic carbocycles. The summed E-state index contributed by atoms with van der Waals surface area (Å²) in [7, 11) is 0. The number of benzene rings is 1. The zero-order chi connectivity index (χ0) is 11.8. The molecule has 0 aromatic heterocycles. The topological polar surface area (TPSA) is 29.5 Å². The number of hydrogen-bond donors (Lipinski definition) is 1. The molecule has 1 rings (SSSR count). The van der Waals surface area contributed by atoms with Crippen molar-refractivity contribution in [3.05, 3.63) is 29.8 Å². The molecule has 0 atom stereocenters. The van der Waals surface area contributed by atoms with Gasteiger partial charge in [0.15, 0.2) is 0 Å². The van der Waals surface area contributed by atoms with Crippen molar-refractivity contribution < 1.29 is 9.84 Å². The van der Waals surface area contributed by atoms with Gasteiger partial charge in [0.25, 0.3) is 0 Å². The molecule has 2 heteroatoms. The van der Waals surface area contributed by atoms with Gasteiger partial charge in [-0.2, -0.15) is 0 Å². The van der Waals surface area contributed by atoms with Crippen LogP contribution in [0.25, 0.3) is 0 Å². The highest BCUT2D eigenvalue weighted by Gasteiger charge is 1.96. The summed E-state index contributed by atoms with van der Waals surface area (Å²) < 4.78 is 5.58. The average Bonchev–Trinajstić information content (AvgIpc) is 2.27. The lowest BCUT2D eigenvalue weighted by molar-refractivity contribution is 0.289. The summed E-state index contributed by atoms with van der Waals surface area (Å²) in [4.78, 5) is 0. The van der Waals surface area contributed by atoms with E-state index < -0.39 is 0 Å². The standard InChI is InChI=1S/C14H18O2/c1-12(2)9-11-16-14-7-5-13(6-8-14)4-3-10-15/h5-8,12,15H,9-11H2,1-2H3. The van der Waals surface area contributed by atoms with Crippen molar-refractivity contribution >= 4 is 0 Å². The highest BCUT2D eigenvalue weighted by atomic mass is 16.5. The minimum absolute atomic E-state index is 0.105. The summed E-state index contributed by atoms with van der Waals surface area (Å²) in [6.07, 6.45) is 1.06. The Balaban J connectivity index is 2.45. The first kappa shape index (κ1) is 12.6. The lowest BCUT2D eigenvalue weighted by Gasteiger charge is -2.07. The molecule has 0 unspecified atom stereocenters. The van der Waals surface area contributed by atoms with Crippen LogP contribution in [-0.4, -0.2) is 18.3 Å². The number of aliphatic hydroxyl groups excluding tert-OH is 1. The van der Waals surface area contributed by atoms with Gasteiger partial charge in [-0.1, -0.05) is 25.7 Å². The van der Waals surface area contributed by atoms with E-state index in [4.69, 9.17) is 9.84 Å². The molecule has 0 fully saturated rings. The largest absolute Gasteiger partial charge is 0.494 e. The maximum Gasteiger partial charge on any atom is 0.119 e. The molecule has 0 amide bonds. The van der Waals surface area contributed by atoms with Crippen molar-refractivity contribution in [2.75, 3.05) is 13.2 Å². The third kappa shape index (κ3) is 4.86. The Hall–Kier alpha value is -1.46. The second kappa shape index (κ2) is 6.92. The second-order valence-electron chi connectivity index (χ2n) is 4.02. The predicted molar refractivity (Wildman–Crippen MR) is 65.4 cm³/mol. The van der Waals surface area contributed by atoms with Crippen molar-refractivity contribution in [1.82, 2.24) is 0 Å². The lowest BCUT2D eigenvalue weighted by Crippen LogP contribution is -2.01. The molecule has 86 valence electrons.